The Hall–Kier alpha value is -1.09. The molecule has 0 amide bonds. The van der Waals surface area contributed by atoms with E-state index in [4.69, 9.17) is 5.73 Å². The Bertz CT molecular complexity index is 299. The van der Waals surface area contributed by atoms with Gasteiger partial charge in [0.05, 0.1) is 11.9 Å². The van der Waals surface area contributed by atoms with Crippen LogP contribution in [0, 0.1) is 0 Å². The van der Waals surface area contributed by atoms with Gasteiger partial charge in [0.1, 0.15) is 0 Å². The van der Waals surface area contributed by atoms with Gasteiger partial charge in [-0.15, -0.1) is 0 Å². The monoisotopic (exact) mass is 207 g/mol. The molecular formula is C12H21N3. The van der Waals surface area contributed by atoms with Crippen molar-refractivity contribution in [3.63, 3.8) is 0 Å². The van der Waals surface area contributed by atoms with Crippen molar-refractivity contribution in [2.24, 2.45) is 5.73 Å². The molecule has 0 fully saturated rings. The summed E-state index contributed by atoms with van der Waals surface area (Å²) in [6.45, 7) is 8.17. The molecule has 1 heterocycles. The van der Waals surface area contributed by atoms with Crippen LogP contribution in [0.25, 0.3) is 0 Å². The minimum absolute atomic E-state index is 0.532. The molecule has 0 radical (unpaired) electrons. The highest BCUT2D eigenvalue weighted by Crippen LogP contribution is 2.21. The van der Waals surface area contributed by atoms with E-state index in [-0.39, 0.29) is 0 Å². The molecule has 15 heavy (non-hydrogen) atoms. The highest BCUT2D eigenvalue weighted by Gasteiger charge is 2.13. The van der Waals surface area contributed by atoms with Crippen LogP contribution in [-0.2, 0) is 6.54 Å². The van der Waals surface area contributed by atoms with Gasteiger partial charge in [-0.05, 0) is 31.9 Å². The zero-order valence-corrected chi connectivity index (χ0v) is 9.90. The Balaban J connectivity index is 3.00. The van der Waals surface area contributed by atoms with Gasteiger partial charge in [0, 0.05) is 25.3 Å². The fraction of sp³-hybridized carbons (Fsp3) is 0.583. The van der Waals surface area contributed by atoms with Crippen LogP contribution in [0.15, 0.2) is 18.5 Å². The van der Waals surface area contributed by atoms with Crippen LogP contribution in [0.3, 0.4) is 0 Å². The lowest BCUT2D eigenvalue weighted by molar-refractivity contribution is 0.626. The second kappa shape index (κ2) is 5.71. The normalized spacial score (nSPS) is 12.5. The van der Waals surface area contributed by atoms with E-state index < -0.39 is 0 Å². The molecule has 3 nitrogen and oxygen atoms in total. The Morgan fingerprint density at radius 3 is 2.73 bits per heavy atom. The van der Waals surface area contributed by atoms with Crippen molar-refractivity contribution >= 4 is 5.69 Å². The molecule has 0 aliphatic rings. The molecule has 0 aromatic carbocycles. The molecule has 1 atom stereocenters. The van der Waals surface area contributed by atoms with E-state index in [0.29, 0.717) is 12.6 Å². The van der Waals surface area contributed by atoms with E-state index in [0.717, 1.165) is 13.0 Å². The average Bonchev–Trinajstić information content (AvgIpc) is 2.30. The van der Waals surface area contributed by atoms with Gasteiger partial charge in [-0.3, -0.25) is 4.98 Å². The molecule has 1 aromatic rings. The largest absolute Gasteiger partial charge is 0.368 e. The third-order valence-electron chi connectivity index (χ3n) is 2.88. The minimum atomic E-state index is 0.532. The molecule has 1 unspecified atom stereocenters. The van der Waals surface area contributed by atoms with Crippen molar-refractivity contribution in [2.45, 2.75) is 39.8 Å². The Labute approximate surface area is 92.3 Å². The Morgan fingerprint density at radius 2 is 2.20 bits per heavy atom. The van der Waals surface area contributed by atoms with Crippen molar-refractivity contribution in [2.75, 3.05) is 11.4 Å². The number of nitrogens with zero attached hydrogens (tertiary/aromatic N) is 2. The first-order valence-corrected chi connectivity index (χ1v) is 5.64. The van der Waals surface area contributed by atoms with Gasteiger partial charge in [-0.25, -0.2) is 0 Å². The zero-order valence-electron chi connectivity index (χ0n) is 9.90. The van der Waals surface area contributed by atoms with E-state index >= 15 is 0 Å². The molecule has 84 valence electrons. The molecule has 2 N–H and O–H groups in total. The fourth-order valence-corrected chi connectivity index (χ4v) is 1.79. The summed E-state index contributed by atoms with van der Waals surface area (Å²) in [7, 11) is 0. The first-order valence-electron chi connectivity index (χ1n) is 5.64. The maximum Gasteiger partial charge on any atom is 0.0600 e. The smallest absolute Gasteiger partial charge is 0.0600 e. The van der Waals surface area contributed by atoms with E-state index in [1.807, 2.05) is 12.3 Å². The summed E-state index contributed by atoms with van der Waals surface area (Å²) in [5, 5.41) is 0. The predicted molar refractivity (Wildman–Crippen MR) is 64.9 cm³/mol. The number of rotatable bonds is 5. The molecular weight excluding hydrogens is 186 g/mol. The number of nitrogens with two attached hydrogens (primary N) is 1. The standard InChI is InChI=1S/C12H21N3/c1-4-10(3)15(5-2)12-9-14-7-6-11(12)8-13/h6-7,9-10H,4-5,8,13H2,1-3H3. The van der Waals surface area contributed by atoms with Crippen LogP contribution in [0.4, 0.5) is 5.69 Å². The van der Waals surface area contributed by atoms with Gasteiger partial charge < -0.3 is 10.6 Å². The lowest BCUT2D eigenvalue weighted by Crippen LogP contribution is -2.33. The fourth-order valence-electron chi connectivity index (χ4n) is 1.79. The Kier molecular flexibility index (Phi) is 4.56. The van der Waals surface area contributed by atoms with E-state index in [1.54, 1.807) is 6.20 Å². The molecule has 0 aliphatic carbocycles. The molecule has 0 bridgehead atoms. The third kappa shape index (κ3) is 2.69. The van der Waals surface area contributed by atoms with E-state index in [9.17, 15) is 0 Å². The highest BCUT2D eigenvalue weighted by atomic mass is 15.2. The first kappa shape index (κ1) is 12.0. The summed E-state index contributed by atoms with van der Waals surface area (Å²) in [6, 6.07) is 2.53. The molecule has 0 aliphatic heterocycles. The summed E-state index contributed by atoms with van der Waals surface area (Å²) in [6.07, 6.45) is 4.85. The number of aromatic nitrogens is 1. The van der Waals surface area contributed by atoms with Crippen LogP contribution < -0.4 is 10.6 Å². The second-order valence-corrected chi connectivity index (χ2v) is 3.75. The molecule has 3 heteroatoms. The van der Waals surface area contributed by atoms with Gasteiger partial charge in [0.15, 0.2) is 0 Å². The Morgan fingerprint density at radius 1 is 1.47 bits per heavy atom. The lowest BCUT2D eigenvalue weighted by Gasteiger charge is -2.30. The summed E-state index contributed by atoms with van der Waals surface area (Å²) in [5.41, 5.74) is 8.08. The maximum absolute atomic E-state index is 5.73. The van der Waals surface area contributed by atoms with Crippen molar-refractivity contribution in [1.29, 1.82) is 0 Å². The lowest BCUT2D eigenvalue weighted by atomic mass is 10.1. The number of pyridine rings is 1. The molecule has 0 saturated heterocycles. The van der Waals surface area contributed by atoms with Gasteiger partial charge >= 0.3 is 0 Å². The summed E-state index contributed by atoms with van der Waals surface area (Å²) < 4.78 is 0. The second-order valence-electron chi connectivity index (χ2n) is 3.75. The minimum Gasteiger partial charge on any atom is -0.368 e. The molecule has 0 spiro atoms. The molecule has 1 rings (SSSR count). The predicted octanol–water partition coefficient (Wildman–Crippen LogP) is 2.17. The van der Waals surface area contributed by atoms with Crippen LogP contribution in [0.5, 0.6) is 0 Å². The first-order chi connectivity index (χ1) is 7.24. The van der Waals surface area contributed by atoms with Crippen LogP contribution in [0.2, 0.25) is 0 Å². The van der Waals surface area contributed by atoms with E-state index in [2.05, 4.69) is 30.7 Å². The van der Waals surface area contributed by atoms with Gasteiger partial charge in [0.2, 0.25) is 0 Å². The van der Waals surface area contributed by atoms with Gasteiger partial charge in [-0.1, -0.05) is 6.92 Å². The van der Waals surface area contributed by atoms with Crippen molar-refractivity contribution < 1.29 is 0 Å². The van der Waals surface area contributed by atoms with Crippen LogP contribution in [-0.4, -0.2) is 17.6 Å². The quantitative estimate of drug-likeness (QED) is 0.804. The van der Waals surface area contributed by atoms with E-state index in [1.165, 1.54) is 11.3 Å². The van der Waals surface area contributed by atoms with Crippen LogP contribution in [0.1, 0.15) is 32.8 Å². The van der Waals surface area contributed by atoms with Crippen molar-refractivity contribution in [1.82, 2.24) is 4.98 Å². The molecule has 1 aromatic heterocycles. The zero-order chi connectivity index (χ0) is 11.3. The number of hydrogen-bond donors (Lipinski definition) is 1. The number of anilines is 1. The van der Waals surface area contributed by atoms with Crippen molar-refractivity contribution in [3.05, 3.63) is 24.0 Å². The summed E-state index contributed by atoms with van der Waals surface area (Å²) in [4.78, 5) is 6.54. The summed E-state index contributed by atoms with van der Waals surface area (Å²) >= 11 is 0. The summed E-state index contributed by atoms with van der Waals surface area (Å²) in [5.74, 6) is 0. The van der Waals surface area contributed by atoms with Crippen LogP contribution >= 0.6 is 0 Å². The highest BCUT2D eigenvalue weighted by molar-refractivity contribution is 5.52. The SMILES string of the molecule is CCC(C)N(CC)c1cnccc1CN. The number of hydrogen-bond acceptors (Lipinski definition) is 3. The maximum atomic E-state index is 5.73. The van der Waals surface area contributed by atoms with Gasteiger partial charge in [-0.2, -0.15) is 0 Å². The molecule has 0 saturated carbocycles. The third-order valence-corrected chi connectivity index (χ3v) is 2.88. The van der Waals surface area contributed by atoms with Gasteiger partial charge in [0.25, 0.3) is 0 Å². The van der Waals surface area contributed by atoms with Crippen molar-refractivity contribution in [3.8, 4) is 0 Å². The average molecular weight is 207 g/mol. The topological polar surface area (TPSA) is 42.2 Å².